The first-order valence-corrected chi connectivity index (χ1v) is 5.82. The average molecular weight is 265 g/mol. The van der Waals surface area contributed by atoms with Crippen LogP contribution < -0.4 is 4.74 Å². The minimum atomic E-state index is 0.179. The first-order chi connectivity index (χ1) is 8.67. The van der Waals surface area contributed by atoms with E-state index in [4.69, 9.17) is 21.1 Å². The molecule has 0 aliphatic rings. The van der Waals surface area contributed by atoms with Gasteiger partial charge in [0.15, 0.2) is 0 Å². The van der Waals surface area contributed by atoms with Gasteiger partial charge < -0.3 is 9.47 Å². The van der Waals surface area contributed by atoms with Crippen LogP contribution >= 0.6 is 11.6 Å². The Morgan fingerprint density at radius 2 is 2.06 bits per heavy atom. The second-order valence-corrected chi connectivity index (χ2v) is 4.14. The van der Waals surface area contributed by atoms with Gasteiger partial charge in [-0.3, -0.25) is 0 Å². The summed E-state index contributed by atoms with van der Waals surface area (Å²) >= 11 is 5.78. The summed E-state index contributed by atoms with van der Waals surface area (Å²) in [6, 6.07) is 9.35. The molecule has 18 heavy (non-hydrogen) atoms. The molecule has 1 aromatic carbocycles. The maximum Gasteiger partial charge on any atom is 0.225 e. The van der Waals surface area contributed by atoms with E-state index >= 15 is 0 Å². The number of halogens is 1. The Morgan fingerprint density at radius 1 is 1.22 bits per heavy atom. The Hall–Kier alpha value is -1.65. The third kappa shape index (κ3) is 3.42. The second-order valence-electron chi connectivity index (χ2n) is 3.80. The molecule has 0 radical (unpaired) electrons. The smallest absolute Gasteiger partial charge is 0.225 e. The second kappa shape index (κ2) is 5.80. The van der Waals surface area contributed by atoms with E-state index in [1.807, 2.05) is 31.2 Å². The van der Waals surface area contributed by atoms with E-state index in [-0.39, 0.29) is 5.28 Å². The summed E-state index contributed by atoms with van der Waals surface area (Å²) in [7, 11) is 1.65. The lowest BCUT2D eigenvalue weighted by atomic mass is 10.2. The molecule has 0 saturated carbocycles. The zero-order valence-electron chi connectivity index (χ0n) is 10.2. The lowest BCUT2D eigenvalue weighted by Gasteiger charge is -2.07. The highest BCUT2D eigenvalue weighted by atomic mass is 35.5. The van der Waals surface area contributed by atoms with Gasteiger partial charge >= 0.3 is 0 Å². The van der Waals surface area contributed by atoms with Gasteiger partial charge in [-0.2, -0.15) is 4.98 Å². The maximum absolute atomic E-state index is 5.78. The highest BCUT2D eigenvalue weighted by Gasteiger charge is 2.03. The summed E-state index contributed by atoms with van der Waals surface area (Å²) in [5, 5.41) is 0.179. The van der Waals surface area contributed by atoms with Crippen LogP contribution in [0.25, 0.3) is 0 Å². The fourth-order valence-corrected chi connectivity index (χ4v) is 1.76. The van der Waals surface area contributed by atoms with Crippen LogP contribution in [0.4, 0.5) is 0 Å². The highest BCUT2D eigenvalue weighted by Crippen LogP contribution is 2.22. The molecule has 4 nitrogen and oxygen atoms in total. The van der Waals surface area contributed by atoms with E-state index in [9.17, 15) is 0 Å². The van der Waals surface area contributed by atoms with Crippen molar-refractivity contribution >= 4 is 11.6 Å². The Bertz CT molecular complexity index is 526. The summed E-state index contributed by atoms with van der Waals surface area (Å²) in [6.45, 7) is 2.38. The predicted octanol–water partition coefficient (Wildman–Crippen LogP) is 3.38. The molecule has 0 N–H and O–H groups in total. The van der Waals surface area contributed by atoms with Gasteiger partial charge in [0.25, 0.3) is 0 Å². The quantitative estimate of drug-likeness (QED) is 0.794. The van der Waals surface area contributed by atoms with E-state index in [1.54, 1.807) is 13.2 Å². The molecule has 94 valence electrons. The van der Waals surface area contributed by atoms with Crippen molar-refractivity contribution in [1.29, 1.82) is 0 Å². The number of hydrogen-bond acceptors (Lipinski definition) is 4. The van der Waals surface area contributed by atoms with Gasteiger partial charge in [-0.1, -0.05) is 12.1 Å². The van der Waals surface area contributed by atoms with Gasteiger partial charge in [0, 0.05) is 18.9 Å². The lowest BCUT2D eigenvalue weighted by molar-refractivity contribution is 0.184. The van der Waals surface area contributed by atoms with E-state index in [2.05, 4.69) is 9.97 Å². The summed E-state index contributed by atoms with van der Waals surface area (Å²) < 4.78 is 10.7. The molecule has 0 aliphatic carbocycles. The number of rotatable bonds is 4. The minimum Gasteiger partial charge on any atom is -0.439 e. The molecule has 0 aliphatic heterocycles. The standard InChI is InChI=1S/C13H13ClN2O2/c1-9-6-12(16-13(14)15-9)18-11-5-3-4-10(7-11)8-17-2/h3-7H,8H2,1-2H3. The van der Waals surface area contributed by atoms with E-state index in [0.29, 0.717) is 18.2 Å². The molecule has 2 rings (SSSR count). The van der Waals surface area contributed by atoms with Gasteiger partial charge in [0.1, 0.15) is 5.75 Å². The zero-order chi connectivity index (χ0) is 13.0. The van der Waals surface area contributed by atoms with Crippen molar-refractivity contribution in [3.05, 3.63) is 46.9 Å². The molecule has 1 aromatic heterocycles. The van der Waals surface area contributed by atoms with E-state index in [0.717, 1.165) is 11.3 Å². The molecule has 5 heteroatoms. The summed E-state index contributed by atoms with van der Waals surface area (Å²) in [5.41, 5.74) is 1.80. The monoisotopic (exact) mass is 264 g/mol. The van der Waals surface area contributed by atoms with Crippen LogP contribution in [0.15, 0.2) is 30.3 Å². The van der Waals surface area contributed by atoms with Crippen molar-refractivity contribution in [2.45, 2.75) is 13.5 Å². The van der Waals surface area contributed by atoms with Crippen LogP contribution in [-0.4, -0.2) is 17.1 Å². The number of aromatic nitrogens is 2. The van der Waals surface area contributed by atoms with Crippen LogP contribution in [0.2, 0.25) is 5.28 Å². The van der Waals surface area contributed by atoms with E-state index < -0.39 is 0 Å². The largest absolute Gasteiger partial charge is 0.439 e. The fraction of sp³-hybridized carbons (Fsp3) is 0.231. The number of benzene rings is 1. The molecule has 1 heterocycles. The van der Waals surface area contributed by atoms with Crippen LogP contribution in [0.1, 0.15) is 11.3 Å². The van der Waals surface area contributed by atoms with Gasteiger partial charge in [-0.15, -0.1) is 0 Å². The van der Waals surface area contributed by atoms with E-state index in [1.165, 1.54) is 0 Å². The highest BCUT2D eigenvalue weighted by molar-refractivity contribution is 6.28. The number of aryl methyl sites for hydroxylation is 1. The van der Waals surface area contributed by atoms with Gasteiger partial charge in [0.05, 0.1) is 6.61 Å². The molecule has 0 bridgehead atoms. The molecule has 0 amide bonds. The van der Waals surface area contributed by atoms with Crippen molar-refractivity contribution in [2.24, 2.45) is 0 Å². The van der Waals surface area contributed by atoms with Crippen molar-refractivity contribution in [2.75, 3.05) is 7.11 Å². The molecule has 2 aromatic rings. The van der Waals surface area contributed by atoms with Gasteiger partial charge in [0.2, 0.25) is 11.2 Å². The molecule has 0 atom stereocenters. The Labute approximate surface area is 111 Å². The summed E-state index contributed by atoms with van der Waals surface area (Å²) in [4.78, 5) is 7.98. The normalized spacial score (nSPS) is 10.4. The van der Waals surface area contributed by atoms with Gasteiger partial charge in [-0.25, -0.2) is 4.98 Å². The average Bonchev–Trinajstić information content (AvgIpc) is 2.28. The topological polar surface area (TPSA) is 44.2 Å². The van der Waals surface area contributed by atoms with Crippen LogP contribution in [0.3, 0.4) is 0 Å². The van der Waals surface area contributed by atoms with Crippen LogP contribution in [0, 0.1) is 6.92 Å². The number of nitrogens with zero attached hydrogens (tertiary/aromatic N) is 2. The van der Waals surface area contributed by atoms with Crippen LogP contribution in [0.5, 0.6) is 11.6 Å². The maximum atomic E-state index is 5.78. The number of hydrogen-bond donors (Lipinski definition) is 0. The predicted molar refractivity (Wildman–Crippen MR) is 69.0 cm³/mol. The first kappa shape index (κ1) is 12.8. The zero-order valence-corrected chi connectivity index (χ0v) is 10.9. The van der Waals surface area contributed by atoms with Crippen molar-refractivity contribution < 1.29 is 9.47 Å². The Morgan fingerprint density at radius 3 is 2.78 bits per heavy atom. The molecular weight excluding hydrogens is 252 g/mol. The SMILES string of the molecule is COCc1cccc(Oc2cc(C)nc(Cl)n2)c1. The fourth-order valence-electron chi connectivity index (χ4n) is 1.54. The van der Waals surface area contributed by atoms with Crippen LogP contribution in [-0.2, 0) is 11.3 Å². The summed E-state index contributed by atoms with van der Waals surface area (Å²) in [6.07, 6.45) is 0. The third-order valence-electron chi connectivity index (χ3n) is 2.24. The van der Waals surface area contributed by atoms with Gasteiger partial charge in [-0.05, 0) is 36.2 Å². The lowest BCUT2D eigenvalue weighted by Crippen LogP contribution is -1.93. The number of ether oxygens (including phenoxy) is 2. The minimum absolute atomic E-state index is 0.179. The Balaban J connectivity index is 2.20. The third-order valence-corrected chi connectivity index (χ3v) is 2.40. The molecular formula is C13H13ClN2O2. The Kier molecular flexibility index (Phi) is 4.12. The summed E-state index contributed by atoms with van der Waals surface area (Å²) in [5.74, 6) is 1.13. The molecule has 0 saturated heterocycles. The molecule has 0 unspecified atom stereocenters. The molecule has 0 fully saturated rings. The van der Waals surface area contributed by atoms with Crippen molar-refractivity contribution in [3.63, 3.8) is 0 Å². The van der Waals surface area contributed by atoms with Crippen molar-refractivity contribution in [3.8, 4) is 11.6 Å². The first-order valence-electron chi connectivity index (χ1n) is 5.44. The van der Waals surface area contributed by atoms with Crippen molar-refractivity contribution in [1.82, 2.24) is 9.97 Å². The number of methoxy groups -OCH3 is 1. The molecule has 0 spiro atoms.